The van der Waals surface area contributed by atoms with Gasteiger partial charge in [-0.25, -0.2) is 0 Å². The summed E-state index contributed by atoms with van der Waals surface area (Å²) in [5.74, 6) is 1.75. The Morgan fingerprint density at radius 1 is 1.50 bits per heavy atom. The van der Waals surface area contributed by atoms with Gasteiger partial charge in [0, 0.05) is 16.7 Å². The molecule has 0 unspecified atom stereocenters. The molecule has 1 aromatic rings. The minimum absolute atomic E-state index is 0.202. The number of rotatable bonds is 5. The summed E-state index contributed by atoms with van der Waals surface area (Å²) in [7, 11) is 0. The highest BCUT2D eigenvalue weighted by molar-refractivity contribution is 7.99. The zero-order valence-corrected chi connectivity index (χ0v) is 10.9. The molecule has 0 aliphatic heterocycles. The van der Waals surface area contributed by atoms with Crippen LogP contribution in [0.5, 0.6) is 0 Å². The van der Waals surface area contributed by atoms with Gasteiger partial charge in [-0.2, -0.15) is 0 Å². The van der Waals surface area contributed by atoms with Crippen LogP contribution in [0.1, 0.15) is 30.6 Å². The summed E-state index contributed by atoms with van der Waals surface area (Å²) in [5.41, 5.74) is 0. The van der Waals surface area contributed by atoms with Crippen LogP contribution in [0.4, 0.5) is 0 Å². The molecule has 4 heteroatoms. The van der Waals surface area contributed by atoms with Crippen LogP contribution in [0, 0.1) is 0 Å². The molecular weight excluding hydrogens is 238 g/mol. The van der Waals surface area contributed by atoms with E-state index in [1.54, 1.807) is 23.1 Å². The Balaban J connectivity index is 1.60. The van der Waals surface area contributed by atoms with Crippen molar-refractivity contribution >= 4 is 29.0 Å². The Kier molecular flexibility index (Phi) is 4.72. The molecule has 1 aromatic heterocycles. The summed E-state index contributed by atoms with van der Waals surface area (Å²) in [6.45, 7) is 0. The molecule has 2 rings (SSSR count). The maximum absolute atomic E-state index is 11.6. The highest BCUT2D eigenvalue weighted by atomic mass is 32.2. The van der Waals surface area contributed by atoms with Gasteiger partial charge in [0.05, 0.1) is 5.75 Å². The van der Waals surface area contributed by atoms with E-state index in [-0.39, 0.29) is 5.91 Å². The fraction of sp³-hybridized carbons (Fsp3) is 0.583. The lowest BCUT2D eigenvalue weighted by molar-refractivity contribution is -0.119. The smallest absolute Gasteiger partial charge is 0.230 e. The van der Waals surface area contributed by atoms with E-state index in [1.807, 2.05) is 0 Å². The average molecular weight is 255 g/mol. The maximum atomic E-state index is 11.6. The van der Waals surface area contributed by atoms with Crippen LogP contribution in [-0.2, 0) is 10.5 Å². The molecule has 0 radical (unpaired) electrons. The summed E-state index contributed by atoms with van der Waals surface area (Å²) >= 11 is 3.46. The van der Waals surface area contributed by atoms with Crippen LogP contribution < -0.4 is 5.32 Å². The number of thiophene rings is 1. The lowest BCUT2D eigenvalue weighted by Gasteiger charge is -2.11. The van der Waals surface area contributed by atoms with Gasteiger partial charge in [-0.1, -0.05) is 18.9 Å². The molecule has 0 atom stereocenters. The lowest BCUT2D eigenvalue weighted by atomic mass is 10.2. The van der Waals surface area contributed by atoms with Gasteiger partial charge in [-0.05, 0) is 24.3 Å². The Bertz CT molecular complexity index is 318. The van der Waals surface area contributed by atoms with Crippen LogP contribution in [0.3, 0.4) is 0 Å². The lowest BCUT2D eigenvalue weighted by Crippen LogP contribution is -2.33. The first-order chi connectivity index (χ1) is 7.84. The zero-order chi connectivity index (χ0) is 11.2. The largest absolute Gasteiger partial charge is 0.353 e. The van der Waals surface area contributed by atoms with Crippen molar-refractivity contribution in [1.29, 1.82) is 0 Å². The van der Waals surface area contributed by atoms with Crippen molar-refractivity contribution in [1.82, 2.24) is 5.32 Å². The van der Waals surface area contributed by atoms with E-state index in [1.165, 1.54) is 30.6 Å². The minimum atomic E-state index is 0.202. The molecular formula is C12H17NOS2. The molecule has 1 aliphatic rings. The van der Waals surface area contributed by atoms with Crippen LogP contribution in [0.15, 0.2) is 17.5 Å². The Morgan fingerprint density at radius 3 is 3.00 bits per heavy atom. The second-order valence-electron chi connectivity index (χ2n) is 4.12. The summed E-state index contributed by atoms with van der Waals surface area (Å²) in [4.78, 5) is 12.9. The average Bonchev–Trinajstić information content (AvgIpc) is 2.90. The predicted octanol–water partition coefficient (Wildman–Crippen LogP) is 3.04. The second kappa shape index (κ2) is 6.30. The van der Waals surface area contributed by atoms with Gasteiger partial charge in [0.25, 0.3) is 0 Å². The molecule has 0 bridgehead atoms. The van der Waals surface area contributed by atoms with Gasteiger partial charge in [-0.15, -0.1) is 23.1 Å². The number of thioether (sulfide) groups is 1. The third kappa shape index (κ3) is 3.83. The number of carbonyl (C=O) groups is 1. The highest BCUT2D eigenvalue weighted by Crippen LogP contribution is 2.19. The fourth-order valence-electron chi connectivity index (χ4n) is 1.98. The van der Waals surface area contributed by atoms with Crippen LogP contribution in [0.25, 0.3) is 0 Å². The first-order valence-corrected chi connectivity index (χ1v) is 7.77. The number of hydrogen-bond acceptors (Lipinski definition) is 3. The van der Waals surface area contributed by atoms with Gasteiger partial charge in [-0.3, -0.25) is 4.79 Å². The van der Waals surface area contributed by atoms with Gasteiger partial charge in [0.2, 0.25) is 5.91 Å². The molecule has 2 nitrogen and oxygen atoms in total. The number of hydrogen-bond donors (Lipinski definition) is 1. The van der Waals surface area contributed by atoms with Gasteiger partial charge >= 0.3 is 0 Å². The first kappa shape index (κ1) is 12.0. The van der Waals surface area contributed by atoms with Crippen molar-refractivity contribution in [2.75, 3.05) is 5.75 Å². The monoisotopic (exact) mass is 255 g/mol. The van der Waals surface area contributed by atoms with Crippen LogP contribution in [-0.4, -0.2) is 17.7 Å². The van der Waals surface area contributed by atoms with E-state index in [0.29, 0.717) is 11.8 Å². The Morgan fingerprint density at radius 2 is 2.31 bits per heavy atom. The van der Waals surface area contributed by atoms with E-state index < -0.39 is 0 Å². The van der Waals surface area contributed by atoms with Crippen molar-refractivity contribution < 1.29 is 4.79 Å². The molecule has 1 saturated carbocycles. The summed E-state index contributed by atoms with van der Waals surface area (Å²) in [6, 6.07) is 4.63. The molecule has 1 N–H and O–H groups in total. The topological polar surface area (TPSA) is 29.1 Å². The van der Waals surface area contributed by atoms with Crippen LogP contribution in [0.2, 0.25) is 0 Å². The normalized spacial score (nSPS) is 16.5. The molecule has 88 valence electrons. The molecule has 1 amide bonds. The molecule has 0 aromatic carbocycles. The standard InChI is InChI=1S/C12H17NOS2/c14-12(13-10-4-1-2-5-10)9-15-8-11-6-3-7-16-11/h3,6-7,10H,1-2,4-5,8-9H2,(H,13,14). The van der Waals surface area contributed by atoms with Gasteiger partial charge in [0.15, 0.2) is 0 Å². The summed E-state index contributed by atoms with van der Waals surface area (Å²) < 4.78 is 0. The summed E-state index contributed by atoms with van der Waals surface area (Å²) in [5, 5.41) is 5.18. The van der Waals surface area contributed by atoms with E-state index in [0.717, 1.165) is 5.75 Å². The molecule has 1 heterocycles. The number of carbonyl (C=O) groups excluding carboxylic acids is 1. The fourth-order valence-corrected chi connectivity index (χ4v) is 3.66. The molecule has 1 aliphatic carbocycles. The van der Waals surface area contributed by atoms with E-state index in [4.69, 9.17) is 0 Å². The maximum Gasteiger partial charge on any atom is 0.230 e. The van der Waals surface area contributed by atoms with Crippen LogP contribution >= 0.6 is 23.1 Å². The third-order valence-electron chi connectivity index (χ3n) is 2.78. The molecule has 1 fully saturated rings. The quantitative estimate of drug-likeness (QED) is 0.876. The SMILES string of the molecule is O=C(CSCc1cccs1)NC1CCCC1. The number of amides is 1. The van der Waals surface area contributed by atoms with E-state index >= 15 is 0 Å². The van der Waals surface area contributed by atoms with Gasteiger partial charge in [0.1, 0.15) is 0 Å². The molecule has 16 heavy (non-hydrogen) atoms. The van der Waals surface area contributed by atoms with Crippen molar-refractivity contribution in [2.24, 2.45) is 0 Å². The van der Waals surface area contributed by atoms with Gasteiger partial charge < -0.3 is 5.32 Å². The number of nitrogens with one attached hydrogen (secondary N) is 1. The highest BCUT2D eigenvalue weighted by Gasteiger charge is 2.16. The van der Waals surface area contributed by atoms with E-state index in [2.05, 4.69) is 22.8 Å². The summed E-state index contributed by atoms with van der Waals surface area (Å²) in [6.07, 6.45) is 4.88. The minimum Gasteiger partial charge on any atom is -0.353 e. The van der Waals surface area contributed by atoms with Crippen molar-refractivity contribution in [3.8, 4) is 0 Å². The Hall–Kier alpha value is -0.480. The first-order valence-electron chi connectivity index (χ1n) is 5.74. The zero-order valence-electron chi connectivity index (χ0n) is 9.28. The van der Waals surface area contributed by atoms with Crippen molar-refractivity contribution in [3.63, 3.8) is 0 Å². The Labute approximate surface area is 105 Å². The van der Waals surface area contributed by atoms with Crippen molar-refractivity contribution in [3.05, 3.63) is 22.4 Å². The second-order valence-corrected chi connectivity index (χ2v) is 6.14. The molecule has 0 spiro atoms. The van der Waals surface area contributed by atoms with E-state index in [9.17, 15) is 4.79 Å². The molecule has 0 saturated heterocycles. The predicted molar refractivity (Wildman–Crippen MR) is 70.9 cm³/mol. The third-order valence-corrected chi connectivity index (χ3v) is 4.82. The van der Waals surface area contributed by atoms with Crippen molar-refractivity contribution in [2.45, 2.75) is 37.5 Å².